The highest BCUT2D eigenvalue weighted by atomic mass is 16.8. The number of ether oxygens (including phenoxy) is 6. The fourth-order valence-electron chi connectivity index (χ4n) is 4.62. The molecule has 2 aliphatic rings. The minimum atomic E-state index is -2.01. The zero-order valence-corrected chi connectivity index (χ0v) is 23.3. The molecule has 3 unspecified atom stereocenters. The minimum absolute atomic E-state index is 0.0398. The van der Waals surface area contributed by atoms with E-state index < -0.39 is 74.5 Å². The molecule has 2 saturated heterocycles. The Balaban J connectivity index is 1.49. The molecule has 2 aromatic rings. The van der Waals surface area contributed by atoms with Crippen LogP contribution in [0.3, 0.4) is 0 Å². The van der Waals surface area contributed by atoms with Crippen molar-refractivity contribution in [3.8, 4) is 17.2 Å². The number of methoxy groups -OCH3 is 1. The Kier molecular flexibility index (Phi) is 10.9. The Labute approximate surface area is 246 Å². The molecule has 14 nitrogen and oxygen atoms in total. The third-order valence-corrected chi connectivity index (χ3v) is 7.14. The number of aliphatic hydroxyl groups is 5. The normalized spacial score (nSPS) is 30.9. The van der Waals surface area contributed by atoms with Gasteiger partial charge in [-0.25, -0.2) is 4.79 Å². The van der Waals surface area contributed by atoms with E-state index in [0.717, 1.165) is 11.6 Å². The van der Waals surface area contributed by atoms with Crippen LogP contribution in [0.5, 0.6) is 17.2 Å². The topological polar surface area (TPSA) is 214 Å². The van der Waals surface area contributed by atoms with Crippen LogP contribution in [-0.4, -0.2) is 124 Å². The van der Waals surface area contributed by atoms with E-state index in [1.54, 1.807) is 12.1 Å². The van der Waals surface area contributed by atoms with Crippen molar-refractivity contribution in [3.05, 3.63) is 59.7 Å². The number of carbonyl (C=O) groups is 1. The second-order valence-electron chi connectivity index (χ2n) is 10.2. The number of carbonyl (C=O) groups excluding carboxylic acids is 1. The molecule has 14 heteroatoms. The summed E-state index contributed by atoms with van der Waals surface area (Å²) in [7, 11) is 1.37. The van der Waals surface area contributed by atoms with E-state index in [2.05, 4.69) is 0 Å². The number of benzene rings is 2. The van der Waals surface area contributed by atoms with E-state index in [9.17, 15) is 40.5 Å². The van der Waals surface area contributed by atoms with Gasteiger partial charge in [-0.1, -0.05) is 18.2 Å². The van der Waals surface area contributed by atoms with Gasteiger partial charge in [-0.2, -0.15) is 0 Å². The summed E-state index contributed by atoms with van der Waals surface area (Å²) in [5, 5.41) is 70.9. The van der Waals surface area contributed by atoms with Gasteiger partial charge in [0.25, 0.3) is 0 Å². The van der Waals surface area contributed by atoms with Crippen LogP contribution < -0.4 is 4.74 Å². The summed E-state index contributed by atoms with van der Waals surface area (Å²) >= 11 is 0. The van der Waals surface area contributed by atoms with Crippen molar-refractivity contribution in [3.63, 3.8) is 0 Å². The van der Waals surface area contributed by atoms with Crippen molar-refractivity contribution in [2.75, 3.05) is 33.5 Å². The van der Waals surface area contributed by atoms with Gasteiger partial charge in [0.05, 0.1) is 33.5 Å². The highest BCUT2D eigenvalue weighted by molar-refractivity contribution is 5.87. The quantitative estimate of drug-likeness (QED) is 0.116. The van der Waals surface area contributed by atoms with Crippen LogP contribution in [0.2, 0.25) is 0 Å². The van der Waals surface area contributed by atoms with Gasteiger partial charge in [0.2, 0.25) is 0 Å². The molecule has 0 spiro atoms. The van der Waals surface area contributed by atoms with Gasteiger partial charge in [0, 0.05) is 6.08 Å². The van der Waals surface area contributed by atoms with Crippen LogP contribution >= 0.6 is 0 Å². The molecular weight excluding hydrogens is 572 g/mol. The third-order valence-electron chi connectivity index (χ3n) is 7.14. The molecule has 0 amide bonds. The summed E-state index contributed by atoms with van der Waals surface area (Å²) < 4.78 is 33.2. The lowest BCUT2D eigenvalue weighted by molar-refractivity contribution is -0.336. The number of phenolic OH excluding ortho intramolecular Hbond substituents is 2. The SMILES string of the molecule is COc1cc(/C=C/C(=O)O[C@H]2[C@H](O)[C@@H](OC3OCC(O)(CO)C3O)[C@H](OCCc3ccc(O)cc3)O[C@@H]2CO)ccc1O. The first kappa shape index (κ1) is 32.6. The van der Waals surface area contributed by atoms with Gasteiger partial charge in [0.1, 0.15) is 35.8 Å². The Hall–Kier alpha value is -3.31. The van der Waals surface area contributed by atoms with Crippen molar-refractivity contribution in [1.29, 1.82) is 0 Å². The summed E-state index contributed by atoms with van der Waals surface area (Å²) in [6.07, 6.45) is -7.59. The highest BCUT2D eigenvalue weighted by Gasteiger charge is 2.54. The lowest BCUT2D eigenvalue weighted by atomic mass is 9.97. The molecule has 2 fully saturated rings. The van der Waals surface area contributed by atoms with Crippen molar-refractivity contribution >= 4 is 12.0 Å². The monoisotopic (exact) mass is 608 g/mol. The number of aliphatic hydroxyl groups excluding tert-OH is 4. The largest absolute Gasteiger partial charge is 0.508 e. The average Bonchev–Trinajstić information content (AvgIpc) is 3.29. The van der Waals surface area contributed by atoms with Gasteiger partial charge in [-0.05, 0) is 47.9 Å². The summed E-state index contributed by atoms with van der Waals surface area (Å²) in [6, 6.07) is 10.8. The number of phenols is 2. The number of esters is 1. The second-order valence-corrected chi connectivity index (χ2v) is 10.2. The molecule has 2 heterocycles. The standard InChI is InChI=1S/C29H36O14/c1-38-20-12-17(4-8-19(20)33)5-9-22(34)42-24-21(13-30)41-27(39-11-10-16-2-6-18(32)7-3-16)25(23(24)35)43-28-26(36)29(37,14-31)15-40-28/h2-9,12,21,23-28,30-33,35-37H,10-11,13-15H2,1H3/b9-5+/t21-,23+,24-,25-,26?,27-,28?,29?/m1/s1. The number of aromatic hydroxyl groups is 2. The second kappa shape index (κ2) is 14.4. The Morgan fingerprint density at radius 2 is 1.81 bits per heavy atom. The van der Waals surface area contributed by atoms with E-state index in [-0.39, 0.29) is 23.9 Å². The maximum Gasteiger partial charge on any atom is 0.331 e. The van der Waals surface area contributed by atoms with E-state index in [0.29, 0.717) is 12.0 Å². The van der Waals surface area contributed by atoms with Crippen LogP contribution in [0.15, 0.2) is 48.5 Å². The minimum Gasteiger partial charge on any atom is -0.508 e. The number of hydrogen-bond acceptors (Lipinski definition) is 14. The molecule has 0 bridgehead atoms. The van der Waals surface area contributed by atoms with Gasteiger partial charge < -0.3 is 64.2 Å². The Bertz CT molecular complexity index is 1240. The first-order valence-electron chi connectivity index (χ1n) is 13.5. The first-order chi connectivity index (χ1) is 20.6. The maximum atomic E-state index is 12.7. The van der Waals surface area contributed by atoms with Crippen molar-refractivity contribution in [2.45, 2.75) is 55.1 Å². The fraction of sp³-hybridized carbons (Fsp3) is 0.483. The molecule has 236 valence electrons. The molecule has 0 aromatic heterocycles. The molecule has 0 aliphatic carbocycles. The predicted octanol–water partition coefficient (Wildman–Crippen LogP) is -0.805. The van der Waals surface area contributed by atoms with Gasteiger partial charge >= 0.3 is 5.97 Å². The smallest absolute Gasteiger partial charge is 0.331 e. The van der Waals surface area contributed by atoms with Crippen LogP contribution in [-0.2, 0) is 34.9 Å². The van der Waals surface area contributed by atoms with Crippen LogP contribution in [0, 0.1) is 0 Å². The van der Waals surface area contributed by atoms with Crippen LogP contribution in [0.1, 0.15) is 11.1 Å². The molecular formula is C29H36O14. The average molecular weight is 609 g/mol. The van der Waals surface area contributed by atoms with Crippen molar-refractivity contribution in [1.82, 2.24) is 0 Å². The predicted molar refractivity (Wildman–Crippen MR) is 146 cm³/mol. The molecule has 2 aromatic carbocycles. The van der Waals surface area contributed by atoms with E-state index >= 15 is 0 Å². The van der Waals surface area contributed by atoms with E-state index in [4.69, 9.17) is 28.4 Å². The first-order valence-corrected chi connectivity index (χ1v) is 13.5. The Morgan fingerprint density at radius 1 is 1.07 bits per heavy atom. The summed E-state index contributed by atoms with van der Waals surface area (Å²) in [5.41, 5.74) is -0.697. The molecule has 8 atom stereocenters. The van der Waals surface area contributed by atoms with Crippen molar-refractivity contribution in [2.24, 2.45) is 0 Å². The fourth-order valence-corrected chi connectivity index (χ4v) is 4.62. The molecule has 0 saturated carbocycles. The zero-order chi connectivity index (χ0) is 31.1. The van der Waals surface area contributed by atoms with E-state index in [1.807, 2.05) is 0 Å². The summed E-state index contributed by atoms with van der Waals surface area (Å²) in [4.78, 5) is 12.7. The van der Waals surface area contributed by atoms with Gasteiger partial charge in [0.15, 0.2) is 30.2 Å². The molecule has 7 N–H and O–H groups in total. The van der Waals surface area contributed by atoms with Crippen LogP contribution in [0.4, 0.5) is 0 Å². The summed E-state index contributed by atoms with van der Waals surface area (Å²) in [6.45, 7) is -1.92. The summed E-state index contributed by atoms with van der Waals surface area (Å²) in [5.74, 6) is -0.711. The number of rotatable bonds is 12. The molecule has 43 heavy (non-hydrogen) atoms. The zero-order valence-electron chi connectivity index (χ0n) is 23.3. The number of hydrogen-bond donors (Lipinski definition) is 7. The highest BCUT2D eigenvalue weighted by Crippen LogP contribution is 2.33. The molecule has 0 radical (unpaired) electrons. The van der Waals surface area contributed by atoms with Crippen molar-refractivity contribution < 1.29 is 69.0 Å². The lowest BCUT2D eigenvalue weighted by Crippen LogP contribution is -2.62. The third kappa shape index (κ3) is 7.80. The van der Waals surface area contributed by atoms with E-state index in [1.165, 1.54) is 43.5 Å². The Morgan fingerprint density at radius 3 is 2.47 bits per heavy atom. The van der Waals surface area contributed by atoms with Gasteiger partial charge in [-0.3, -0.25) is 0 Å². The lowest BCUT2D eigenvalue weighted by Gasteiger charge is -2.43. The molecule has 2 aliphatic heterocycles. The van der Waals surface area contributed by atoms with Gasteiger partial charge in [-0.15, -0.1) is 0 Å². The maximum absolute atomic E-state index is 12.7. The van der Waals surface area contributed by atoms with Crippen LogP contribution in [0.25, 0.3) is 6.08 Å². The molecule has 4 rings (SSSR count).